The minimum atomic E-state index is -0.411. The van der Waals surface area contributed by atoms with Gasteiger partial charge in [-0.2, -0.15) is 0 Å². The van der Waals surface area contributed by atoms with Crippen molar-refractivity contribution in [3.05, 3.63) is 63.9 Å². The van der Waals surface area contributed by atoms with Gasteiger partial charge in [0.15, 0.2) is 0 Å². The van der Waals surface area contributed by atoms with Crippen molar-refractivity contribution in [3.8, 4) is 17.0 Å². The molecule has 0 amide bonds. The van der Waals surface area contributed by atoms with Crippen LogP contribution in [0.1, 0.15) is 7.43 Å². The molecule has 0 saturated carbocycles. The van der Waals surface area contributed by atoms with Crippen LogP contribution in [0.15, 0.2) is 48.8 Å². The van der Waals surface area contributed by atoms with Gasteiger partial charge in [-0.05, 0) is 20.2 Å². The first-order valence-electron chi connectivity index (χ1n) is 10.9. The number of nitro benzene ring substituents is 1. The fraction of sp³-hybridized carbons (Fsp3) is 0.280. The molecule has 0 fully saturated rings. The quantitative estimate of drug-likeness (QED) is 0.221. The van der Waals surface area contributed by atoms with E-state index in [2.05, 4.69) is 20.3 Å². The zero-order chi connectivity index (χ0) is 25.1. The van der Waals surface area contributed by atoms with Gasteiger partial charge in [-0.15, -0.1) is 0 Å². The van der Waals surface area contributed by atoms with Gasteiger partial charge in [-0.1, -0.05) is 37.2 Å². The third-order valence-corrected chi connectivity index (χ3v) is 5.90. The maximum atomic E-state index is 11.9. The Bertz CT molecular complexity index is 1370. The molecule has 0 bridgehead atoms. The number of likely N-dealkylation sites (N-methyl/N-ethyl adjacent to an activating group) is 2. The summed E-state index contributed by atoms with van der Waals surface area (Å²) in [5.74, 6) is 0.658. The number of aromatic amines is 1. The van der Waals surface area contributed by atoms with E-state index in [-0.39, 0.29) is 19.1 Å². The zero-order valence-corrected chi connectivity index (χ0v) is 20.6. The number of benzene rings is 2. The van der Waals surface area contributed by atoms with E-state index in [1.54, 1.807) is 6.07 Å². The van der Waals surface area contributed by atoms with Crippen molar-refractivity contribution in [1.82, 2.24) is 19.9 Å². The van der Waals surface area contributed by atoms with Crippen LogP contribution in [0.2, 0.25) is 5.02 Å². The molecule has 11 heteroatoms. The predicted molar refractivity (Wildman–Crippen MR) is 146 cm³/mol. The summed E-state index contributed by atoms with van der Waals surface area (Å²) < 4.78 is 5.54. The second-order valence-electron chi connectivity index (χ2n) is 8.29. The van der Waals surface area contributed by atoms with Crippen LogP contribution in [-0.4, -0.2) is 66.1 Å². The minimum Gasteiger partial charge on any atom is -0.494 e. The summed E-state index contributed by atoms with van der Waals surface area (Å²) in [6.07, 6.45) is 3.34. The molecule has 4 rings (SSSR count). The number of fused-ring (bicyclic) bond motifs is 1. The number of nitro groups is 1. The van der Waals surface area contributed by atoms with Crippen LogP contribution in [0.4, 0.5) is 23.0 Å². The van der Waals surface area contributed by atoms with E-state index in [1.807, 2.05) is 61.4 Å². The molecular weight excluding hydrogens is 482 g/mol. The number of H-pyrrole nitrogens is 1. The van der Waals surface area contributed by atoms with E-state index in [0.29, 0.717) is 34.4 Å². The summed E-state index contributed by atoms with van der Waals surface area (Å²) in [6.45, 7) is 1.35. The van der Waals surface area contributed by atoms with Crippen LogP contribution in [0.5, 0.6) is 5.75 Å². The molecule has 4 aromatic rings. The number of hydrogen-bond donors (Lipinski definition) is 2. The number of methoxy groups -OCH3 is 1. The van der Waals surface area contributed by atoms with Crippen LogP contribution >= 0.6 is 11.6 Å². The van der Waals surface area contributed by atoms with Gasteiger partial charge in [-0.25, -0.2) is 9.97 Å². The van der Waals surface area contributed by atoms with E-state index in [4.69, 9.17) is 16.3 Å². The van der Waals surface area contributed by atoms with Crippen molar-refractivity contribution in [1.29, 1.82) is 0 Å². The van der Waals surface area contributed by atoms with E-state index >= 15 is 0 Å². The first kappa shape index (κ1) is 26.7. The lowest BCUT2D eigenvalue weighted by Crippen LogP contribution is -2.28. The number of ether oxygens (including phenoxy) is 1. The van der Waals surface area contributed by atoms with Gasteiger partial charge in [0, 0.05) is 54.9 Å². The van der Waals surface area contributed by atoms with E-state index in [0.717, 1.165) is 23.0 Å². The molecule has 36 heavy (non-hydrogen) atoms. The molecule has 0 aliphatic heterocycles. The highest BCUT2D eigenvalue weighted by atomic mass is 35.5. The lowest BCUT2D eigenvalue weighted by atomic mass is 10.1. The Hall–Kier alpha value is -3.89. The van der Waals surface area contributed by atoms with Crippen LogP contribution in [0.25, 0.3) is 22.2 Å². The molecule has 2 N–H and O–H groups in total. The van der Waals surface area contributed by atoms with Gasteiger partial charge in [0.25, 0.3) is 5.69 Å². The van der Waals surface area contributed by atoms with Gasteiger partial charge in [0.2, 0.25) is 5.95 Å². The van der Waals surface area contributed by atoms with Gasteiger partial charge in [-0.3, -0.25) is 10.1 Å². The van der Waals surface area contributed by atoms with Crippen LogP contribution < -0.4 is 15.0 Å². The molecule has 0 saturated heterocycles. The van der Waals surface area contributed by atoms with E-state index in [1.165, 1.54) is 19.4 Å². The smallest absolute Gasteiger partial charge is 0.294 e. The minimum absolute atomic E-state index is 0. The van der Waals surface area contributed by atoms with Gasteiger partial charge >= 0.3 is 0 Å². The monoisotopic (exact) mass is 511 g/mol. The van der Waals surface area contributed by atoms with E-state index < -0.39 is 4.92 Å². The standard InChI is InChI=1S/C24H26ClN7O3.CH4/c1-30(2)9-10-31(3)20-12-22(35-4)19(11-21(20)32(33)34)28-24-27-14-17(25)23(29-24)16-13-26-18-8-6-5-7-15(16)18;/h5-8,11-14,26H,9-10H2,1-4H3,(H,27,28,29);1H4. The highest BCUT2D eigenvalue weighted by Crippen LogP contribution is 2.39. The van der Waals surface area contributed by atoms with Crippen molar-refractivity contribution in [3.63, 3.8) is 0 Å². The summed E-state index contributed by atoms with van der Waals surface area (Å²) in [5, 5.41) is 16.3. The zero-order valence-electron chi connectivity index (χ0n) is 19.9. The Morgan fingerprint density at radius 1 is 1.19 bits per heavy atom. The topological polar surface area (TPSA) is 112 Å². The number of halogens is 1. The van der Waals surface area contributed by atoms with Crippen molar-refractivity contribution in [2.75, 3.05) is 51.6 Å². The third-order valence-electron chi connectivity index (χ3n) is 5.62. The molecule has 10 nitrogen and oxygen atoms in total. The SMILES string of the molecule is C.COc1cc(N(C)CCN(C)C)c([N+](=O)[O-])cc1Nc1ncc(Cl)c(-c2c[nH]c3ccccc23)n1. The first-order chi connectivity index (χ1) is 16.8. The molecule has 0 atom stereocenters. The molecule has 2 aromatic heterocycles. The largest absolute Gasteiger partial charge is 0.494 e. The molecule has 2 aromatic carbocycles. The van der Waals surface area contributed by atoms with Gasteiger partial charge < -0.3 is 24.8 Å². The average molecular weight is 512 g/mol. The average Bonchev–Trinajstić information content (AvgIpc) is 3.27. The molecule has 0 aliphatic rings. The third kappa shape index (κ3) is 5.50. The fourth-order valence-electron chi connectivity index (χ4n) is 3.75. The van der Waals surface area contributed by atoms with Gasteiger partial charge in [0.05, 0.1) is 34.6 Å². The van der Waals surface area contributed by atoms with Gasteiger partial charge in [0.1, 0.15) is 11.4 Å². The molecule has 190 valence electrons. The number of aromatic nitrogens is 3. The Labute approximate surface area is 215 Å². The van der Waals surface area contributed by atoms with Crippen molar-refractivity contribution < 1.29 is 9.66 Å². The number of nitrogens with zero attached hydrogens (tertiary/aromatic N) is 5. The second kappa shape index (κ2) is 11.2. The highest BCUT2D eigenvalue weighted by molar-refractivity contribution is 6.33. The van der Waals surface area contributed by atoms with Crippen LogP contribution in [0, 0.1) is 10.1 Å². The lowest BCUT2D eigenvalue weighted by molar-refractivity contribution is -0.384. The number of hydrogen-bond acceptors (Lipinski definition) is 8. The molecule has 0 unspecified atom stereocenters. The predicted octanol–water partition coefficient (Wildman–Crippen LogP) is 5.57. The lowest BCUT2D eigenvalue weighted by Gasteiger charge is -2.22. The first-order valence-corrected chi connectivity index (χ1v) is 11.2. The normalized spacial score (nSPS) is 10.8. The summed E-state index contributed by atoms with van der Waals surface area (Å²) in [7, 11) is 7.23. The van der Waals surface area contributed by atoms with Crippen LogP contribution in [0.3, 0.4) is 0 Å². The molecule has 0 radical (unpaired) electrons. The Morgan fingerprint density at radius 2 is 1.94 bits per heavy atom. The Kier molecular flexibility index (Phi) is 8.33. The van der Waals surface area contributed by atoms with Crippen molar-refractivity contribution in [2.45, 2.75) is 7.43 Å². The maximum Gasteiger partial charge on any atom is 0.294 e. The number of para-hydroxylation sites is 1. The molecular formula is C25H30ClN7O3. The number of nitrogens with one attached hydrogen (secondary N) is 2. The summed E-state index contributed by atoms with van der Waals surface area (Å²) in [4.78, 5) is 27.4. The number of anilines is 3. The van der Waals surface area contributed by atoms with Crippen LogP contribution in [-0.2, 0) is 0 Å². The summed E-state index contributed by atoms with van der Waals surface area (Å²) in [5.41, 5.74) is 3.09. The van der Waals surface area contributed by atoms with E-state index in [9.17, 15) is 10.1 Å². The highest BCUT2D eigenvalue weighted by Gasteiger charge is 2.23. The Balaban J connectivity index is 0.00000361. The number of rotatable bonds is 9. The maximum absolute atomic E-state index is 11.9. The van der Waals surface area contributed by atoms with Crippen molar-refractivity contribution in [2.24, 2.45) is 0 Å². The second-order valence-corrected chi connectivity index (χ2v) is 8.69. The molecule has 2 heterocycles. The van der Waals surface area contributed by atoms with Crippen molar-refractivity contribution >= 4 is 45.5 Å². The summed E-state index contributed by atoms with van der Waals surface area (Å²) in [6, 6.07) is 10.9. The molecule has 0 spiro atoms. The summed E-state index contributed by atoms with van der Waals surface area (Å²) >= 11 is 6.43. The molecule has 0 aliphatic carbocycles. The Morgan fingerprint density at radius 3 is 2.64 bits per heavy atom. The fourth-order valence-corrected chi connectivity index (χ4v) is 3.94.